The fourth-order valence-electron chi connectivity index (χ4n) is 5.34. The van der Waals surface area contributed by atoms with Crippen molar-refractivity contribution in [3.05, 3.63) is 112 Å². The first-order valence-electron chi connectivity index (χ1n) is 13.6. The zero-order chi connectivity index (χ0) is 27.2. The van der Waals surface area contributed by atoms with Crippen LogP contribution in [0.15, 0.2) is 83.2 Å². The molecule has 1 aliphatic carbocycles. The summed E-state index contributed by atoms with van der Waals surface area (Å²) in [7, 11) is 1.63. The molecule has 0 N–H and O–H groups in total. The van der Waals surface area contributed by atoms with Crippen molar-refractivity contribution in [1.29, 1.82) is 0 Å². The Labute approximate surface area is 229 Å². The lowest BCUT2D eigenvalue weighted by atomic mass is 9.88. The normalized spacial score (nSPS) is 14.1. The van der Waals surface area contributed by atoms with Gasteiger partial charge in [-0.05, 0) is 61.6 Å². The van der Waals surface area contributed by atoms with E-state index in [9.17, 15) is 4.79 Å². The lowest BCUT2D eigenvalue weighted by molar-refractivity contribution is 0.282. The summed E-state index contributed by atoms with van der Waals surface area (Å²) in [5.41, 5.74) is 4.60. The van der Waals surface area contributed by atoms with Crippen LogP contribution in [0, 0.1) is 6.92 Å². The first kappa shape index (κ1) is 26.4. The highest BCUT2D eigenvalue weighted by Crippen LogP contribution is 2.34. The SMILES string of the molecule is C=CCc1cc(C=Nn2c(C3CCCCC3)nc3ccccc3c2=O)cc(OC)c1OCc1cccc(C)c1. The molecule has 5 rings (SSSR count). The van der Waals surface area contributed by atoms with Crippen LogP contribution in [0.1, 0.15) is 66.1 Å². The maximum atomic E-state index is 13.6. The van der Waals surface area contributed by atoms with Gasteiger partial charge in [0.15, 0.2) is 11.5 Å². The fraction of sp³-hybridized carbons (Fsp3) is 0.303. The van der Waals surface area contributed by atoms with Crippen molar-refractivity contribution >= 4 is 17.1 Å². The number of methoxy groups -OCH3 is 1. The lowest BCUT2D eigenvalue weighted by Gasteiger charge is -2.22. The van der Waals surface area contributed by atoms with Crippen molar-refractivity contribution in [3.63, 3.8) is 0 Å². The average molecular weight is 522 g/mol. The molecule has 0 aliphatic heterocycles. The first-order valence-corrected chi connectivity index (χ1v) is 13.6. The largest absolute Gasteiger partial charge is 0.493 e. The molecule has 6 heteroatoms. The van der Waals surface area contributed by atoms with Gasteiger partial charge in [0, 0.05) is 11.5 Å². The zero-order valence-electron chi connectivity index (χ0n) is 22.7. The van der Waals surface area contributed by atoms with Gasteiger partial charge < -0.3 is 9.47 Å². The molecule has 0 unspecified atom stereocenters. The number of hydrogen-bond donors (Lipinski definition) is 0. The number of rotatable bonds is 9. The number of hydrogen-bond acceptors (Lipinski definition) is 5. The molecule has 0 radical (unpaired) electrons. The van der Waals surface area contributed by atoms with Crippen molar-refractivity contribution < 1.29 is 9.47 Å². The van der Waals surface area contributed by atoms with E-state index >= 15 is 0 Å². The summed E-state index contributed by atoms with van der Waals surface area (Å²) in [5, 5.41) is 5.27. The molecule has 1 heterocycles. The molecule has 0 atom stereocenters. The minimum absolute atomic E-state index is 0.145. The molecule has 3 aromatic carbocycles. The highest BCUT2D eigenvalue weighted by atomic mass is 16.5. The van der Waals surface area contributed by atoms with Crippen LogP contribution in [0.3, 0.4) is 0 Å². The number of ether oxygens (including phenoxy) is 2. The summed E-state index contributed by atoms with van der Waals surface area (Å²) in [6, 6.07) is 19.7. The third-order valence-corrected chi connectivity index (χ3v) is 7.28. The lowest BCUT2D eigenvalue weighted by Crippen LogP contribution is -2.25. The van der Waals surface area contributed by atoms with E-state index in [1.54, 1.807) is 13.3 Å². The van der Waals surface area contributed by atoms with E-state index in [4.69, 9.17) is 19.6 Å². The molecule has 200 valence electrons. The van der Waals surface area contributed by atoms with E-state index in [1.807, 2.05) is 54.6 Å². The Morgan fingerprint density at radius 1 is 1.08 bits per heavy atom. The number of aromatic nitrogens is 2. The van der Waals surface area contributed by atoms with E-state index in [0.717, 1.165) is 53.7 Å². The third-order valence-electron chi connectivity index (χ3n) is 7.28. The number of fused-ring (bicyclic) bond motifs is 1. The number of aryl methyl sites for hydroxylation is 1. The predicted octanol–water partition coefficient (Wildman–Crippen LogP) is 6.95. The van der Waals surface area contributed by atoms with Crippen LogP contribution in [-0.4, -0.2) is 23.0 Å². The Morgan fingerprint density at radius 2 is 1.90 bits per heavy atom. The molecule has 4 aromatic rings. The van der Waals surface area contributed by atoms with E-state index in [0.29, 0.717) is 29.9 Å². The number of allylic oxidation sites excluding steroid dienone is 1. The van der Waals surface area contributed by atoms with Gasteiger partial charge in [-0.25, -0.2) is 4.98 Å². The van der Waals surface area contributed by atoms with Crippen molar-refractivity contribution in [3.8, 4) is 11.5 Å². The van der Waals surface area contributed by atoms with Gasteiger partial charge in [0.25, 0.3) is 5.56 Å². The van der Waals surface area contributed by atoms with Crippen molar-refractivity contribution in [2.45, 2.75) is 58.0 Å². The Kier molecular flexibility index (Phi) is 8.21. The van der Waals surface area contributed by atoms with E-state index in [-0.39, 0.29) is 11.5 Å². The average Bonchev–Trinajstić information content (AvgIpc) is 2.96. The first-order chi connectivity index (χ1) is 19.1. The van der Waals surface area contributed by atoms with E-state index < -0.39 is 0 Å². The molecule has 1 aromatic heterocycles. The molecule has 1 aliphatic rings. The van der Waals surface area contributed by atoms with Crippen molar-refractivity contribution in [1.82, 2.24) is 9.66 Å². The molecular weight excluding hydrogens is 486 g/mol. The Morgan fingerprint density at radius 3 is 2.67 bits per heavy atom. The molecule has 0 amide bonds. The van der Waals surface area contributed by atoms with Crippen LogP contribution in [0.25, 0.3) is 10.9 Å². The summed E-state index contributed by atoms with van der Waals surface area (Å²) in [6.07, 6.45) is 9.70. The summed E-state index contributed by atoms with van der Waals surface area (Å²) < 4.78 is 13.5. The predicted molar refractivity (Wildman–Crippen MR) is 157 cm³/mol. The summed E-state index contributed by atoms with van der Waals surface area (Å²) in [6.45, 7) is 6.42. The highest BCUT2D eigenvalue weighted by molar-refractivity contribution is 5.82. The Bertz CT molecular complexity index is 1560. The molecule has 39 heavy (non-hydrogen) atoms. The topological polar surface area (TPSA) is 65.7 Å². The zero-order valence-corrected chi connectivity index (χ0v) is 22.7. The maximum absolute atomic E-state index is 13.6. The summed E-state index contributed by atoms with van der Waals surface area (Å²) in [4.78, 5) is 18.5. The quantitative estimate of drug-likeness (QED) is 0.177. The molecule has 0 bridgehead atoms. The van der Waals surface area contributed by atoms with Gasteiger partial charge in [-0.1, -0.05) is 67.3 Å². The van der Waals surface area contributed by atoms with Crippen LogP contribution >= 0.6 is 0 Å². The Hall–Kier alpha value is -4.19. The molecular formula is C33H35N3O3. The van der Waals surface area contributed by atoms with Crippen molar-refractivity contribution in [2.75, 3.05) is 7.11 Å². The standard InChI is InChI=1S/C33H35N3O3/c1-4-11-27-19-25(20-30(38-3)31(27)39-22-24-13-10-12-23(2)18-24)21-34-36-32(26-14-6-5-7-15-26)35-29-17-9-8-16-28(29)33(36)37/h4,8-10,12-13,16-21,26H,1,5-7,11,14-15,22H2,2-3H3. The minimum atomic E-state index is -0.145. The second-order valence-electron chi connectivity index (χ2n) is 10.2. The molecule has 1 saturated carbocycles. The van der Waals surface area contributed by atoms with Gasteiger partial charge in [0.2, 0.25) is 0 Å². The number of benzene rings is 3. The second kappa shape index (κ2) is 12.1. The number of para-hydroxylation sites is 1. The Balaban J connectivity index is 1.52. The van der Waals surface area contributed by atoms with Gasteiger partial charge in [-0.2, -0.15) is 9.78 Å². The molecule has 0 saturated heterocycles. The van der Waals surface area contributed by atoms with Gasteiger partial charge in [-0.3, -0.25) is 4.79 Å². The fourth-order valence-corrected chi connectivity index (χ4v) is 5.34. The minimum Gasteiger partial charge on any atom is -0.493 e. The third kappa shape index (κ3) is 5.95. The van der Waals surface area contributed by atoms with Gasteiger partial charge in [-0.15, -0.1) is 6.58 Å². The molecule has 1 fully saturated rings. The van der Waals surface area contributed by atoms with Crippen LogP contribution < -0.4 is 15.0 Å². The molecule has 0 spiro atoms. The van der Waals surface area contributed by atoms with E-state index in [2.05, 4.69) is 25.6 Å². The van der Waals surface area contributed by atoms with Crippen LogP contribution in [0.2, 0.25) is 0 Å². The van der Waals surface area contributed by atoms with Crippen molar-refractivity contribution in [2.24, 2.45) is 5.10 Å². The van der Waals surface area contributed by atoms with Gasteiger partial charge in [0.1, 0.15) is 12.4 Å². The van der Waals surface area contributed by atoms with Gasteiger partial charge in [0.05, 0.1) is 24.2 Å². The number of nitrogens with zero attached hydrogens (tertiary/aromatic N) is 3. The van der Waals surface area contributed by atoms with Crippen LogP contribution in [-0.2, 0) is 13.0 Å². The second-order valence-corrected chi connectivity index (χ2v) is 10.2. The smallest absolute Gasteiger partial charge is 0.282 e. The summed E-state index contributed by atoms with van der Waals surface area (Å²) >= 11 is 0. The van der Waals surface area contributed by atoms with E-state index in [1.165, 1.54) is 16.7 Å². The van der Waals surface area contributed by atoms with Crippen LogP contribution in [0.4, 0.5) is 0 Å². The molecule has 6 nitrogen and oxygen atoms in total. The highest BCUT2D eigenvalue weighted by Gasteiger charge is 2.22. The van der Waals surface area contributed by atoms with Gasteiger partial charge >= 0.3 is 0 Å². The maximum Gasteiger partial charge on any atom is 0.282 e. The van der Waals surface area contributed by atoms with Crippen LogP contribution in [0.5, 0.6) is 11.5 Å². The monoisotopic (exact) mass is 521 g/mol. The summed E-state index contributed by atoms with van der Waals surface area (Å²) in [5.74, 6) is 2.26.